The quantitative estimate of drug-likeness (QED) is 0.316. The summed E-state index contributed by atoms with van der Waals surface area (Å²) in [6, 6.07) is 15.9. The number of morpholine rings is 1. The second-order valence-electron chi connectivity index (χ2n) is 8.54. The van der Waals surface area contributed by atoms with Crippen LogP contribution >= 0.6 is 0 Å². The highest BCUT2D eigenvalue weighted by molar-refractivity contribution is 5.84. The lowest BCUT2D eigenvalue weighted by Crippen LogP contribution is -2.37. The average molecular weight is 554 g/mol. The number of hydrogen-bond donors (Lipinski definition) is 2. The van der Waals surface area contributed by atoms with Gasteiger partial charge in [0.15, 0.2) is 0 Å². The molecule has 2 aromatic carbocycles. The van der Waals surface area contributed by atoms with E-state index in [1.807, 2.05) is 54.7 Å². The Morgan fingerprint density at radius 1 is 1.00 bits per heavy atom. The van der Waals surface area contributed by atoms with E-state index >= 15 is 0 Å². The molecule has 5 aromatic rings. The molecule has 0 aliphatic carbocycles. The lowest BCUT2D eigenvalue weighted by molar-refractivity contribution is -0.192. The second-order valence-corrected chi connectivity index (χ2v) is 8.54. The number of benzene rings is 2. The Hall–Kier alpha value is -4.98. The summed E-state index contributed by atoms with van der Waals surface area (Å²) in [6.07, 6.45) is 1.86. The van der Waals surface area contributed by atoms with Gasteiger partial charge in [-0.1, -0.05) is 12.1 Å². The van der Waals surface area contributed by atoms with Gasteiger partial charge in [-0.15, -0.1) is 5.10 Å². The van der Waals surface area contributed by atoms with Crippen molar-refractivity contribution in [3.8, 4) is 16.8 Å². The van der Waals surface area contributed by atoms with Crippen molar-refractivity contribution in [3.05, 3.63) is 73.6 Å². The molecule has 1 aliphatic heterocycles. The molecule has 206 valence electrons. The normalized spacial score (nSPS) is 13.5. The van der Waals surface area contributed by atoms with Gasteiger partial charge in [0.05, 0.1) is 36.9 Å². The van der Waals surface area contributed by atoms with Crippen LogP contribution < -0.4 is 10.2 Å². The molecular formula is C26H22F3N7O4. The Bertz CT molecular complexity index is 1580. The zero-order valence-electron chi connectivity index (χ0n) is 20.7. The van der Waals surface area contributed by atoms with E-state index in [9.17, 15) is 13.2 Å². The molecule has 0 saturated carbocycles. The number of nitrogens with zero attached hydrogens (tertiary/aromatic N) is 6. The highest BCUT2D eigenvalue weighted by Gasteiger charge is 2.38. The zero-order chi connectivity index (χ0) is 28.1. The summed E-state index contributed by atoms with van der Waals surface area (Å²) in [7, 11) is 0. The number of aromatic nitrogens is 5. The van der Waals surface area contributed by atoms with Crippen molar-refractivity contribution in [2.75, 3.05) is 36.5 Å². The summed E-state index contributed by atoms with van der Waals surface area (Å²) in [5.74, 6) is -1.50. The molecule has 0 bridgehead atoms. The Morgan fingerprint density at radius 2 is 1.75 bits per heavy atom. The van der Waals surface area contributed by atoms with E-state index in [0.717, 1.165) is 52.4 Å². The highest BCUT2D eigenvalue weighted by Crippen LogP contribution is 2.25. The first-order valence-corrected chi connectivity index (χ1v) is 12.0. The minimum Gasteiger partial charge on any atom is -0.475 e. The predicted octanol–water partition coefficient (Wildman–Crippen LogP) is 4.68. The number of carbonyl (C=O) groups is 1. The largest absolute Gasteiger partial charge is 0.490 e. The summed E-state index contributed by atoms with van der Waals surface area (Å²) in [4.78, 5) is 24.6. The molecule has 3 aromatic heterocycles. The van der Waals surface area contributed by atoms with Crippen molar-refractivity contribution in [3.63, 3.8) is 0 Å². The van der Waals surface area contributed by atoms with Gasteiger partial charge in [-0.3, -0.25) is 0 Å². The molecule has 6 rings (SSSR count). The Morgan fingerprint density at radius 3 is 2.42 bits per heavy atom. The third kappa shape index (κ3) is 6.35. The van der Waals surface area contributed by atoms with E-state index in [-0.39, 0.29) is 0 Å². The lowest BCUT2D eigenvalue weighted by Gasteiger charge is -2.25. The number of furan rings is 1. The van der Waals surface area contributed by atoms with Crippen molar-refractivity contribution in [1.82, 2.24) is 24.7 Å². The Labute approximate surface area is 224 Å². The number of alkyl halides is 3. The number of carboxylic acids is 1. The number of carboxylic acid groups (broad SMARTS) is 1. The van der Waals surface area contributed by atoms with Crippen LogP contribution in [-0.2, 0) is 9.53 Å². The molecule has 4 heterocycles. The molecule has 0 amide bonds. The molecule has 0 spiro atoms. The van der Waals surface area contributed by atoms with Gasteiger partial charge >= 0.3 is 12.1 Å². The topological polar surface area (TPSA) is 131 Å². The first-order chi connectivity index (χ1) is 19.3. The number of anilines is 3. The number of nitrogens with one attached hydrogen (secondary N) is 1. The summed E-state index contributed by atoms with van der Waals surface area (Å²) < 4.78 is 44.1. The number of rotatable bonds is 5. The van der Waals surface area contributed by atoms with Crippen LogP contribution in [0, 0.1) is 0 Å². The molecular weight excluding hydrogens is 531 g/mol. The molecule has 1 saturated heterocycles. The van der Waals surface area contributed by atoms with Crippen LogP contribution in [0.4, 0.5) is 30.8 Å². The van der Waals surface area contributed by atoms with E-state index in [1.54, 1.807) is 23.5 Å². The molecule has 1 aliphatic rings. The van der Waals surface area contributed by atoms with Gasteiger partial charge < -0.3 is 24.5 Å². The van der Waals surface area contributed by atoms with Crippen LogP contribution in [0.1, 0.15) is 0 Å². The van der Waals surface area contributed by atoms with E-state index in [0.29, 0.717) is 19.2 Å². The fourth-order valence-corrected chi connectivity index (χ4v) is 3.81. The zero-order valence-corrected chi connectivity index (χ0v) is 20.7. The smallest absolute Gasteiger partial charge is 0.475 e. The average Bonchev–Trinajstić information content (AvgIpc) is 3.67. The minimum absolute atomic E-state index is 0.537. The standard InChI is InChI=1S/C24H21N7O2.C2HF3O2/c1-2-18-14-25-23(28-22(18)13-17(1)19-7-10-33-15-19)27-20-3-5-21(6-4-20)31-16-26-24(29-31)30-8-11-32-12-9-30;3-2(4,5)1(6)7/h1-7,10,13-16H,8-9,11-12H2,(H,25,27,28);(H,6,7). The highest BCUT2D eigenvalue weighted by atomic mass is 19.4. The first-order valence-electron chi connectivity index (χ1n) is 12.0. The summed E-state index contributed by atoms with van der Waals surface area (Å²) >= 11 is 0. The number of fused-ring (bicyclic) bond motifs is 1. The number of aliphatic carboxylic acids is 1. The van der Waals surface area contributed by atoms with Crippen molar-refractivity contribution in [2.24, 2.45) is 0 Å². The molecule has 2 N–H and O–H groups in total. The maximum Gasteiger partial charge on any atom is 0.490 e. The third-order valence-corrected chi connectivity index (χ3v) is 5.84. The minimum atomic E-state index is -5.08. The first kappa shape index (κ1) is 26.6. The number of ether oxygens (including phenoxy) is 1. The molecule has 1 fully saturated rings. The van der Waals surface area contributed by atoms with Crippen LogP contribution in [0.2, 0.25) is 0 Å². The van der Waals surface area contributed by atoms with Crippen LogP contribution in [-0.4, -0.2) is 68.3 Å². The molecule has 0 unspecified atom stereocenters. The van der Waals surface area contributed by atoms with Gasteiger partial charge in [0.2, 0.25) is 11.9 Å². The fraction of sp³-hybridized carbons (Fsp3) is 0.192. The van der Waals surface area contributed by atoms with Crippen molar-refractivity contribution in [2.45, 2.75) is 6.18 Å². The van der Waals surface area contributed by atoms with Gasteiger partial charge in [0.25, 0.3) is 0 Å². The second kappa shape index (κ2) is 11.4. The monoisotopic (exact) mass is 553 g/mol. The maximum atomic E-state index is 10.6. The maximum absolute atomic E-state index is 10.6. The van der Waals surface area contributed by atoms with E-state index < -0.39 is 12.1 Å². The molecule has 11 nitrogen and oxygen atoms in total. The lowest BCUT2D eigenvalue weighted by atomic mass is 10.1. The van der Waals surface area contributed by atoms with Crippen LogP contribution in [0.5, 0.6) is 0 Å². The molecule has 0 atom stereocenters. The number of halogens is 3. The van der Waals surface area contributed by atoms with Gasteiger partial charge in [0, 0.05) is 35.9 Å². The van der Waals surface area contributed by atoms with Crippen molar-refractivity contribution in [1.29, 1.82) is 0 Å². The molecule has 40 heavy (non-hydrogen) atoms. The van der Waals surface area contributed by atoms with Gasteiger partial charge in [-0.05, 0) is 42.0 Å². The van der Waals surface area contributed by atoms with Crippen LogP contribution in [0.15, 0.2) is 78.0 Å². The fourth-order valence-electron chi connectivity index (χ4n) is 3.81. The molecule has 0 radical (unpaired) electrons. The van der Waals surface area contributed by atoms with E-state index in [1.165, 1.54) is 0 Å². The van der Waals surface area contributed by atoms with Crippen LogP contribution in [0.3, 0.4) is 0 Å². The van der Waals surface area contributed by atoms with Crippen molar-refractivity contribution < 1.29 is 32.2 Å². The third-order valence-electron chi connectivity index (χ3n) is 5.84. The van der Waals surface area contributed by atoms with E-state index in [4.69, 9.17) is 19.1 Å². The predicted molar refractivity (Wildman–Crippen MR) is 139 cm³/mol. The van der Waals surface area contributed by atoms with E-state index in [2.05, 4.69) is 30.3 Å². The van der Waals surface area contributed by atoms with Gasteiger partial charge in [-0.25, -0.2) is 19.4 Å². The number of hydrogen-bond acceptors (Lipinski definition) is 9. The summed E-state index contributed by atoms with van der Waals surface area (Å²) in [5.41, 5.74) is 4.75. The summed E-state index contributed by atoms with van der Waals surface area (Å²) in [5, 5.41) is 16.0. The summed E-state index contributed by atoms with van der Waals surface area (Å²) in [6.45, 7) is 3.02. The Balaban J connectivity index is 0.000000411. The Kier molecular flexibility index (Phi) is 7.59. The van der Waals surface area contributed by atoms with Crippen LogP contribution in [0.25, 0.3) is 27.7 Å². The SMILES string of the molecule is O=C(O)C(F)(F)F.c1cc(-c2ccc3cnc(Nc4ccc(-n5cnc(N6CCOCC6)n5)cc4)nc3c2)co1. The van der Waals surface area contributed by atoms with Crippen molar-refractivity contribution >= 4 is 34.5 Å². The van der Waals surface area contributed by atoms with Gasteiger partial charge in [0.1, 0.15) is 6.33 Å². The molecule has 14 heteroatoms. The van der Waals surface area contributed by atoms with Gasteiger partial charge in [-0.2, -0.15) is 18.2 Å².